The van der Waals surface area contributed by atoms with Crippen molar-refractivity contribution in [1.29, 1.82) is 0 Å². The molecule has 2 unspecified atom stereocenters. The van der Waals surface area contributed by atoms with Gasteiger partial charge in [0.25, 0.3) is 0 Å². The number of ether oxygens (including phenoxy) is 3. The largest absolute Gasteiger partial charge is 0.481 e. The maximum atomic E-state index is 11.6. The number of hydrogen-bond donors (Lipinski definition) is 2. The number of hydrogen-bond acceptors (Lipinski definition) is 8. The van der Waals surface area contributed by atoms with Crippen LogP contribution >= 0.6 is 0 Å². The lowest BCUT2D eigenvalue weighted by Crippen LogP contribution is -2.31. The fourth-order valence-corrected chi connectivity index (χ4v) is 2.44. The Hall–Kier alpha value is -3.20. The molecular formula is C36H62O9. The molecule has 0 spiro atoms. The SMILES string of the molecule is C=C(C)C(=O)OCC(O)COC(=O)C(C)(C)CC.CCC(C)(C)C(=O)O.CCC(C)(C)C(=O)OC.CCC(C)c1ccccc1. The topological polar surface area (TPSA) is 136 Å². The molecule has 0 aliphatic heterocycles. The zero-order chi connectivity index (χ0) is 36.0. The molecule has 2 atom stereocenters. The highest BCUT2D eigenvalue weighted by Crippen LogP contribution is 2.22. The molecule has 9 heteroatoms. The van der Waals surface area contributed by atoms with E-state index >= 15 is 0 Å². The second kappa shape index (κ2) is 23.2. The molecule has 0 aliphatic rings. The Morgan fingerprint density at radius 3 is 1.51 bits per heavy atom. The Morgan fingerprint density at radius 2 is 1.20 bits per heavy atom. The van der Waals surface area contributed by atoms with Crippen molar-refractivity contribution in [2.45, 2.75) is 121 Å². The minimum Gasteiger partial charge on any atom is -0.481 e. The van der Waals surface area contributed by atoms with Gasteiger partial charge in [0.15, 0.2) is 0 Å². The normalized spacial score (nSPS) is 12.2. The molecule has 0 amide bonds. The molecule has 0 radical (unpaired) electrons. The summed E-state index contributed by atoms with van der Waals surface area (Å²) in [5.74, 6) is -1.10. The summed E-state index contributed by atoms with van der Waals surface area (Å²) in [7, 11) is 1.42. The number of methoxy groups -OCH3 is 1. The van der Waals surface area contributed by atoms with Gasteiger partial charge in [-0.1, -0.05) is 71.5 Å². The standard InChI is InChI=1S/C13H22O5.C10H14.C7H14O2.C6H12O2/c1-6-13(4,5)12(16)18-8-10(14)7-17-11(15)9(2)3;1-3-9(2)10-7-5-4-6-8-10;1-5-7(2,3)6(8)9-4;1-4-6(2,3)5(7)8/h10,14H,2,6-8H2,1,3-5H3;4-9H,3H2,1-2H3;5H2,1-4H3;4H2,1-3H3,(H,7,8). The molecule has 45 heavy (non-hydrogen) atoms. The van der Waals surface area contributed by atoms with Gasteiger partial charge in [-0.2, -0.15) is 0 Å². The number of carboxylic acids is 1. The van der Waals surface area contributed by atoms with Gasteiger partial charge >= 0.3 is 23.9 Å². The first kappa shape index (κ1) is 46.2. The van der Waals surface area contributed by atoms with E-state index in [2.05, 4.69) is 55.5 Å². The predicted octanol–water partition coefficient (Wildman–Crippen LogP) is 7.75. The first-order valence-corrected chi connectivity index (χ1v) is 15.6. The second-order valence-electron chi connectivity index (χ2n) is 12.9. The summed E-state index contributed by atoms with van der Waals surface area (Å²) in [5, 5.41) is 17.9. The van der Waals surface area contributed by atoms with E-state index in [0.29, 0.717) is 18.8 Å². The van der Waals surface area contributed by atoms with Crippen LogP contribution in [0.4, 0.5) is 0 Å². The van der Waals surface area contributed by atoms with Crippen LogP contribution in [0.15, 0.2) is 42.5 Å². The average Bonchev–Trinajstić information content (AvgIpc) is 3.02. The molecule has 1 aromatic rings. The van der Waals surface area contributed by atoms with Crippen LogP contribution in [0.25, 0.3) is 0 Å². The fourth-order valence-electron chi connectivity index (χ4n) is 2.44. The van der Waals surface area contributed by atoms with Crippen molar-refractivity contribution >= 4 is 23.9 Å². The number of carbonyl (C=O) groups is 4. The Balaban J connectivity index is -0.000000557. The van der Waals surface area contributed by atoms with Gasteiger partial charge in [0.05, 0.1) is 23.4 Å². The Morgan fingerprint density at radius 1 is 0.778 bits per heavy atom. The highest BCUT2D eigenvalue weighted by atomic mass is 16.6. The number of esters is 3. The quantitative estimate of drug-likeness (QED) is 0.126. The van der Waals surface area contributed by atoms with Crippen LogP contribution in [-0.4, -0.2) is 60.5 Å². The monoisotopic (exact) mass is 638 g/mol. The molecule has 0 fully saturated rings. The lowest BCUT2D eigenvalue weighted by molar-refractivity contribution is -0.159. The van der Waals surface area contributed by atoms with Gasteiger partial charge in [0, 0.05) is 5.57 Å². The first-order valence-electron chi connectivity index (χ1n) is 15.6. The summed E-state index contributed by atoms with van der Waals surface area (Å²) in [6.45, 7) is 25.4. The number of aliphatic hydroxyl groups is 1. The van der Waals surface area contributed by atoms with Crippen LogP contribution in [0.1, 0.15) is 120 Å². The summed E-state index contributed by atoms with van der Waals surface area (Å²) in [4.78, 5) is 43.7. The van der Waals surface area contributed by atoms with Gasteiger partial charge in [-0.05, 0) is 85.6 Å². The summed E-state index contributed by atoms with van der Waals surface area (Å²) in [5.41, 5.74) is 0.277. The molecule has 0 bridgehead atoms. The van der Waals surface area contributed by atoms with Crippen molar-refractivity contribution in [3.8, 4) is 0 Å². The van der Waals surface area contributed by atoms with E-state index in [1.54, 1.807) is 27.7 Å². The molecule has 0 saturated heterocycles. The summed E-state index contributed by atoms with van der Waals surface area (Å²) in [6.07, 6.45) is 2.35. The van der Waals surface area contributed by atoms with E-state index in [0.717, 1.165) is 6.42 Å². The van der Waals surface area contributed by atoms with E-state index < -0.39 is 28.9 Å². The maximum absolute atomic E-state index is 11.6. The lowest BCUT2D eigenvalue weighted by atomic mass is 9.91. The molecule has 0 aliphatic carbocycles. The molecule has 0 aromatic heterocycles. The van der Waals surface area contributed by atoms with Gasteiger partial charge in [-0.3, -0.25) is 14.4 Å². The number of benzene rings is 1. The van der Waals surface area contributed by atoms with Gasteiger partial charge in [0.1, 0.15) is 19.3 Å². The summed E-state index contributed by atoms with van der Waals surface area (Å²) >= 11 is 0. The van der Waals surface area contributed by atoms with Gasteiger partial charge < -0.3 is 24.4 Å². The van der Waals surface area contributed by atoms with Gasteiger partial charge in [-0.15, -0.1) is 0 Å². The Kier molecular flexibility index (Phi) is 23.8. The average molecular weight is 639 g/mol. The Bertz CT molecular complexity index is 1010. The molecule has 9 nitrogen and oxygen atoms in total. The second-order valence-corrected chi connectivity index (χ2v) is 12.9. The van der Waals surface area contributed by atoms with Crippen molar-refractivity contribution in [3.05, 3.63) is 48.0 Å². The van der Waals surface area contributed by atoms with E-state index in [9.17, 15) is 24.3 Å². The van der Waals surface area contributed by atoms with Crippen molar-refractivity contribution in [2.75, 3.05) is 20.3 Å². The minimum absolute atomic E-state index is 0.134. The molecule has 260 valence electrons. The molecule has 1 rings (SSSR count). The summed E-state index contributed by atoms with van der Waals surface area (Å²) in [6, 6.07) is 10.6. The number of carbonyl (C=O) groups excluding carboxylic acids is 3. The van der Waals surface area contributed by atoms with Crippen LogP contribution in [-0.2, 0) is 33.4 Å². The Labute approximate surface area is 272 Å². The zero-order valence-electron chi connectivity index (χ0n) is 30.2. The van der Waals surface area contributed by atoms with Crippen LogP contribution in [0.3, 0.4) is 0 Å². The zero-order valence-corrected chi connectivity index (χ0v) is 30.2. The third kappa shape index (κ3) is 21.2. The molecular weight excluding hydrogens is 576 g/mol. The van der Waals surface area contributed by atoms with Crippen LogP contribution in [0.5, 0.6) is 0 Å². The minimum atomic E-state index is -1.02. The van der Waals surface area contributed by atoms with E-state index in [-0.39, 0.29) is 36.1 Å². The number of aliphatic hydroxyl groups excluding tert-OH is 1. The number of rotatable bonds is 13. The number of carboxylic acid groups (broad SMARTS) is 1. The highest BCUT2D eigenvalue weighted by Gasteiger charge is 2.28. The third-order valence-electron chi connectivity index (χ3n) is 7.66. The first-order chi connectivity index (χ1) is 20.6. The number of aliphatic carboxylic acids is 1. The molecule has 2 N–H and O–H groups in total. The van der Waals surface area contributed by atoms with Crippen molar-refractivity contribution in [1.82, 2.24) is 0 Å². The maximum Gasteiger partial charge on any atom is 0.333 e. The fraction of sp³-hybridized carbons (Fsp3) is 0.667. The molecule has 1 aromatic carbocycles. The van der Waals surface area contributed by atoms with Crippen LogP contribution in [0, 0.1) is 16.2 Å². The molecule has 0 heterocycles. The van der Waals surface area contributed by atoms with Crippen molar-refractivity contribution in [2.24, 2.45) is 16.2 Å². The predicted molar refractivity (Wildman–Crippen MR) is 180 cm³/mol. The van der Waals surface area contributed by atoms with Crippen molar-refractivity contribution in [3.63, 3.8) is 0 Å². The van der Waals surface area contributed by atoms with Gasteiger partial charge in [-0.25, -0.2) is 4.79 Å². The highest BCUT2D eigenvalue weighted by molar-refractivity contribution is 5.86. The molecule has 0 saturated carbocycles. The third-order valence-corrected chi connectivity index (χ3v) is 7.66. The smallest absolute Gasteiger partial charge is 0.333 e. The van der Waals surface area contributed by atoms with E-state index in [4.69, 9.17) is 14.6 Å². The lowest BCUT2D eigenvalue weighted by Gasteiger charge is -2.21. The van der Waals surface area contributed by atoms with E-state index in [1.807, 2.05) is 34.6 Å². The van der Waals surface area contributed by atoms with Crippen LogP contribution < -0.4 is 0 Å². The van der Waals surface area contributed by atoms with E-state index in [1.165, 1.54) is 26.0 Å². The summed E-state index contributed by atoms with van der Waals surface area (Å²) < 4.78 is 14.2. The van der Waals surface area contributed by atoms with Crippen LogP contribution in [0.2, 0.25) is 0 Å². The van der Waals surface area contributed by atoms with Gasteiger partial charge in [0.2, 0.25) is 0 Å². The van der Waals surface area contributed by atoms with Crippen molar-refractivity contribution < 1.29 is 43.6 Å².